The van der Waals surface area contributed by atoms with E-state index in [9.17, 15) is 5.11 Å². The van der Waals surface area contributed by atoms with E-state index in [1.165, 1.54) is 0 Å². The molecule has 16 heavy (non-hydrogen) atoms. The molecule has 1 rings (SSSR count). The van der Waals surface area contributed by atoms with Crippen molar-refractivity contribution in [2.75, 3.05) is 0 Å². The third-order valence-electron chi connectivity index (χ3n) is 2.66. The van der Waals surface area contributed by atoms with Gasteiger partial charge in [0.2, 0.25) is 0 Å². The Kier molecular flexibility index (Phi) is 4.10. The van der Waals surface area contributed by atoms with Gasteiger partial charge >= 0.3 is 0 Å². The van der Waals surface area contributed by atoms with E-state index >= 15 is 0 Å². The Morgan fingerprint density at radius 2 is 2.12 bits per heavy atom. The molecule has 0 spiro atoms. The molecule has 4 heteroatoms. The summed E-state index contributed by atoms with van der Waals surface area (Å²) in [5, 5.41) is 16.8. The number of aliphatic hydroxyl groups excluding tert-OH is 1. The van der Waals surface area contributed by atoms with Crippen LogP contribution in [-0.4, -0.2) is 21.3 Å². The van der Waals surface area contributed by atoms with Crippen LogP contribution in [0.2, 0.25) is 0 Å². The Hall–Kier alpha value is -0.870. The average molecular weight is 225 g/mol. The molecule has 2 unspecified atom stereocenters. The number of hydrogen-bond acceptors (Lipinski definition) is 3. The lowest BCUT2D eigenvalue weighted by atomic mass is 9.87. The minimum absolute atomic E-state index is 0.248. The first-order valence-corrected chi connectivity index (χ1v) is 5.75. The number of rotatable bonds is 4. The van der Waals surface area contributed by atoms with Gasteiger partial charge in [-0.15, -0.1) is 0 Å². The lowest BCUT2D eigenvalue weighted by Crippen LogP contribution is -2.29. The minimum Gasteiger partial charge on any atom is -0.385 e. The van der Waals surface area contributed by atoms with Crippen LogP contribution >= 0.6 is 0 Å². The number of aromatic nitrogens is 2. The number of aryl methyl sites for hydroxylation is 1. The summed E-state index contributed by atoms with van der Waals surface area (Å²) in [6.07, 6.45) is 1.12. The smallest absolute Gasteiger partial charge is 0.113 e. The largest absolute Gasteiger partial charge is 0.385 e. The second kappa shape index (κ2) is 4.97. The van der Waals surface area contributed by atoms with E-state index < -0.39 is 6.10 Å². The van der Waals surface area contributed by atoms with Crippen molar-refractivity contribution in [3.8, 4) is 0 Å². The van der Waals surface area contributed by atoms with Crippen molar-refractivity contribution in [2.24, 2.45) is 11.1 Å². The molecule has 1 aromatic rings. The van der Waals surface area contributed by atoms with E-state index in [1.54, 1.807) is 0 Å². The molecular weight excluding hydrogens is 202 g/mol. The lowest BCUT2D eigenvalue weighted by molar-refractivity contribution is 0.131. The lowest BCUT2D eigenvalue weighted by Gasteiger charge is -2.23. The van der Waals surface area contributed by atoms with E-state index in [0.29, 0.717) is 5.69 Å². The zero-order valence-electron chi connectivity index (χ0n) is 10.6. The Bertz CT molecular complexity index is 327. The average Bonchev–Trinajstić information content (AvgIpc) is 2.59. The van der Waals surface area contributed by atoms with Crippen molar-refractivity contribution in [2.45, 2.75) is 52.7 Å². The van der Waals surface area contributed by atoms with Crippen LogP contribution < -0.4 is 5.73 Å². The number of aliphatic hydroxyl groups is 1. The molecule has 0 aliphatic carbocycles. The first-order chi connectivity index (χ1) is 7.29. The summed E-state index contributed by atoms with van der Waals surface area (Å²) in [6, 6.07) is 1.59. The van der Waals surface area contributed by atoms with Crippen molar-refractivity contribution >= 4 is 0 Å². The van der Waals surface area contributed by atoms with Crippen LogP contribution in [-0.2, 0) is 0 Å². The molecule has 0 fully saturated rings. The van der Waals surface area contributed by atoms with Crippen LogP contribution in [0.1, 0.15) is 51.1 Å². The van der Waals surface area contributed by atoms with Gasteiger partial charge in [0.25, 0.3) is 0 Å². The van der Waals surface area contributed by atoms with Crippen molar-refractivity contribution in [3.05, 3.63) is 17.5 Å². The fourth-order valence-electron chi connectivity index (χ4n) is 1.57. The van der Waals surface area contributed by atoms with Gasteiger partial charge < -0.3 is 10.8 Å². The highest BCUT2D eigenvalue weighted by Gasteiger charge is 2.21. The molecule has 0 aromatic carbocycles. The topological polar surface area (TPSA) is 74.9 Å². The third-order valence-corrected chi connectivity index (χ3v) is 2.66. The number of nitrogens with zero attached hydrogens (tertiary/aromatic N) is 1. The molecule has 4 N–H and O–H groups in total. The summed E-state index contributed by atoms with van der Waals surface area (Å²) >= 11 is 0. The van der Waals surface area contributed by atoms with Crippen molar-refractivity contribution in [3.63, 3.8) is 0 Å². The zero-order chi connectivity index (χ0) is 12.3. The van der Waals surface area contributed by atoms with Crippen LogP contribution in [0.5, 0.6) is 0 Å². The zero-order valence-corrected chi connectivity index (χ0v) is 10.6. The summed E-state index contributed by atoms with van der Waals surface area (Å²) in [5.41, 5.74) is 7.79. The molecule has 1 heterocycles. The van der Waals surface area contributed by atoms with Gasteiger partial charge in [-0.05, 0) is 31.2 Å². The Morgan fingerprint density at radius 3 is 2.56 bits per heavy atom. The predicted molar refractivity (Wildman–Crippen MR) is 64.9 cm³/mol. The van der Waals surface area contributed by atoms with Gasteiger partial charge in [-0.25, -0.2) is 0 Å². The second-order valence-corrected chi connectivity index (χ2v) is 5.68. The molecule has 0 radical (unpaired) electrons. The van der Waals surface area contributed by atoms with Crippen molar-refractivity contribution in [1.29, 1.82) is 0 Å². The first-order valence-electron chi connectivity index (χ1n) is 5.75. The van der Waals surface area contributed by atoms with Gasteiger partial charge in [0.05, 0.1) is 5.69 Å². The third kappa shape index (κ3) is 3.94. The molecule has 0 saturated carbocycles. The summed E-state index contributed by atoms with van der Waals surface area (Å²) in [6.45, 7) is 8.42. The van der Waals surface area contributed by atoms with Gasteiger partial charge in [-0.1, -0.05) is 20.8 Å². The van der Waals surface area contributed by atoms with Gasteiger partial charge in [0.1, 0.15) is 6.10 Å². The molecule has 1 aromatic heterocycles. The van der Waals surface area contributed by atoms with E-state index in [-0.39, 0.29) is 11.5 Å². The molecule has 2 atom stereocenters. The first kappa shape index (κ1) is 13.2. The summed E-state index contributed by atoms with van der Waals surface area (Å²) < 4.78 is 0. The van der Waals surface area contributed by atoms with E-state index in [1.807, 2.05) is 13.0 Å². The van der Waals surface area contributed by atoms with Crippen molar-refractivity contribution < 1.29 is 5.11 Å². The Labute approximate surface area is 97.2 Å². The Morgan fingerprint density at radius 1 is 1.50 bits per heavy atom. The highest BCUT2D eigenvalue weighted by Crippen LogP contribution is 2.25. The fourth-order valence-corrected chi connectivity index (χ4v) is 1.57. The highest BCUT2D eigenvalue weighted by atomic mass is 16.3. The van der Waals surface area contributed by atoms with Gasteiger partial charge in [0, 0.05) is 11.7 Å². The second-order valence-electron chi connectivity index (χ2n) is 5.68. The van der Waals surface area contributed by atoms with Crippen LogP contribution in [0.3, 0.4) is 0 Å². The molecule has 0 saturated heterocycles. The van der Waals surface area contributed by atoms with E-state index in [4.69, 9.17) is 5.73 Å². The molecule has 4 nitrogen and oxygen atoms in total. The normalized spacial score (nSPS) is 16.1. The van der Waals surface area contributed by atoms with Gasteiger partial charge in [-0.2, -0.15) is 5.10 Å². The fraction of sp³-hybridized carbons (Fsp3) is 0.750. The molecule has 92 valence electrons. The van der Waals surface area contributed by atoms with Gasteiger partial charge in [0.15, 0.2) is 0 Å². The van der Waals surface area contributed by atoms with Crippen LogP contribution in [0.25, 0.3) is 0 Å². The molecule has 0 aliphatic heterocycles. The van der Waals surface area contributed by atoms with E-state index in [2.05, 4.69) is 31.0 Å². The number of aromatic amines is 1. The standard InChI is InChI=1S/C12H23N3O/c1-8-7-10(15-14-8)11(16)9(13)5-6-12(2,3)4/h7,9,11,16H,5-6,13H2,1-4H3,(H,14,15). The number of H-pyrrole nitrogens is 1. The SMILES string of the molecule is Cc1cc(C(O)C(N)CCC(C)(C)C)n[nH]1. The quantitative estimate of drug-likeness (QED) is 0.732. The van der Waals surface area contributed by atoms with Gasteiger partial charge in [-0.3, -0.25) is 5.10 Å². The maximum absolute atomic E-state index is 9.99. The molecule has 0 amide bonds. The maximum atomic E-state index is 9.99. The maximum Gasteiger partial charge on any atom is 0.113 e. The van der Waals surface area contributed by atoms with Crippen molar-refractivity contribution in [1.82, 2.24) is 10.2 Å². The molecule has 0 aliphatic rings. The molecule has 0 bridgehead atoms. The highest BCUT2D eigenvalue weighted by molar-refractivity contribution is 5.11. The van der Waals surface area contributed by atoms with Crippen LogP contribution in [0, 0.1) is 12.3 Å². The summed E-state index contributed by atoms with van der Waals surface area (Å²) in [5.74, 6) is 0. The summed E-state index contributed by atoms with van der Waals surface area (Å²) in [7, 11) is 0. The van der Waals surface area contributed by atoms with E-state index in [0.717, 1.165) is 18.5 Å². The van der Waals surface area contributed by atoms with Crippen LogP contribution in [0.4, 0.5) is 0 Å². The number of hydrogen-bond donors (Lipinski definition) is 3. The molecular formula is C12H23N3O. The monoisotopic (exact) mass is 225 g/mol. The predicted octanol–water partition coefficient (Wildman–Crippen LogP) is 1.91. The van der Waals surface area contributed by atoms with Crippen LogP contribution in [0.15, 0.2) is 6.07 Å². The minimum atomic E-state index is -0.674. The number of nitrogens with two attached hydrogens (primary N) is 1. The number of nitrogens with one attached hydrogen (secondary N) is 1. The Balaban J connectivity index is 2.51. The summed E-state index contributed by atoms with van der Waals surface area (Å²) in [4.78, 5) is 0.